The van der Waals surface area contributed by atoms with Crippen LogP contribution in [0.4, 0.5) is 5.69 Å². The number of aryl methyl sites for hydroxylation is 1. The molecule has 2 amide bonds. The Balaban J connectivity index is 2.00. The molecule has 1 saturated heterocycles. The fraction of sp³-hybridized carbons (Fsp3) is 0.500. The maximum absolute atomic E-state index is 12.3. The van der Waals surface area contributed by atoms with Crippen LogP contribution in [0.1, 0.15) is 25.3 Å². The van der Waals surface area contributed by atoms with E-state index in [1.165, 1.54) is 4.90 Å². The number of halogens is 1. The van der Waals surface area contributed by atoms with Gasteiger partial charge in [0.2, 0.25) is 0 Å². The van der Waals surface area contributed by atoms with Crippen LogP contribution < -0.4 is 5.32 Å². The molecule has 1 aliphatic rings. The molecule has 0 bridgehead atoms. The second-order valence-electron chi connectivity index (χ2n) is 5.37. The van der Waals surface area contributed by atoms with E-state index in [9.17, 15) is 9.59 Å². The third-order valence-corrected chi connectivity index (χ3v) is 4.25. The first kappa shape index (κ1) is 16.8. The lowest BCUT2D eigenvalue weighted by molar-refractivity contribution is -0.144. The summed E-state index contributed by atoms with van der Waals surface area (Å²) in [6.45, 7) is 5.33. The van der Waals surface area contributed by atoms with Crippen LogP contribution in [0, 0.1) is 6.92 Å². The van der Waals surface area contributed by atoms with E-state index < -0.39 is 11.8 Å². The predicted molar refractivity (Wildman–Crippen MR) is 86.0 cm³/mol. The Morgan fingerprint density at radius 2 is 2.23 bits per heavy atom. The van der Waals surface area contributed by atoms with Gasteiger partial charge in [-0.1, -0.05) is 23.7 Å². The molecule has 120 valence electrons. The summed E-state index contributed by atoms with van der Waals surface area (Å²) in [4.78, 5) is 25.9. The average Bonchev–Trinajstić information content (AvgIpc) is 3.01. The van der Waals surface area contributed by atoms with Crippen molar-refractivity contribution in [3.8, 4) is 0 Å². The lowest BCUT2D eigenvalue weighted by Gasteiger charge is -2.23. The monoisotopic (exact) mass is 324 g/mol. The van der Waals surface area contributed by atoms with Crippen molar-refractivity contribution in [1.82, 2.24) is 4.90 Å². The summed E-state index contributed by atoms with van der Waals surface area (Å²) in [5, 5.41) is 3.04. The van der Waals surface area contributed by atoms with E-state index in [2.05, 4.69) is 5.32 Å². The van der Waals surface area contributed by atoms with Crippen LogP contribution in [0.15, 0.2) is 18.2 Å². The quantitative estimate of drug-likeness (QED) is 0.866. The van der Waals surface area contributed by atoms with E-state index in [0.29, 0.717) is 23.8 Å². The number of benzene rings is 1. The molecular formula is C16H21ClN2O3. The molecule has 0 aliphatic carbocycles. The predicted octanol–water partition coefficient (Wildman–Crippen LogP) is 2.61. The van der Waals surface area contributed by atoms with E-state index in [0.717, 1.165) is 25.0 Å². The van der Waals surface area contributed by atoms with E-state index in [-0.39, 0.29) is 6.10 Å². The van der Waals surface area contributed by atoms with Gasteiger partial charge in [0.25, 0.3) is 0 Å². The van der Waals surface area contributed by atoms with Gasteiger partial charge in [0.05, 0.1) is 16.8 Å². The second kappa shape index (κ2) is 7.61. The number of nitrogens with one attached hydrogen (secondary N) is 1. The maximum atomic E-state index is 12.3. The SMILES string of the molecule is CCN(CC1CCCO1)C(=O)C(=O)Nc1cccc(C)c1Cl. The van der Waals surface area contributed by atoms with Crippen molar-refractivity contribution in [1.29, 1.82) is 0 Å². The van der Waals surface area contributed by atoms with Crippen molar-refractivity contribution < 1.29 is 14.3 Å². The molecule has 1 aromatic carbocycles. The third-order valence-electron chi connectivity index (χ3n) is 3.75. The largest absolute Gasteiger partial charge is 0.376 e. The van der Waals surface area contributed by atoms with Crippen molar-refractivity contribution in [2.24, 2.45) is 0 Å². The highest BCUT2D eigenvalue weighted by molar-refractivity contribution is 6.41. The molecule has 0 spiro atoms. The lowest BCUT2D eigenvalue weighted by Crippen LogP contribution is -2.43. The first-order valence-electron chi connectivity index (χ1n) is 7.50. The molecule has 0 aromatic heterocycles. The summed E-state index contributed by atoms with van der Waals surface area (Å²) < 4.78 is 5.52. The fourth-order valence-corrected chi connectivity index (χ4v) is 2.63. The molecule has 1 fully saturated rings. The van der Waals surface area contributed by atoms with E-state index in [1.54, 1.807) is 12.1 Å². The molecule has 1 N–H and O–H groups in total. The maximum Gasteiger partial charge on any atom is 0.313 e. The molecule has 1 unspecified atom stereocenters. The molecule has 1 heterocycles. The Morgan fingerprint density at radius 1 is 1.45 bits per heavy atom. The van der Waals surface area contributed by atoms with Crippen molar-refractivity contribution in [3.63, 3.8) is 0 Å². The number of hydrogen-bond donors (Lipinski definition) is 1. The number of hydrogen-bond acceptors (Lipinski definition) is 3. The third kappa shape index (κ3) is 3.99. The zero-order valence-corrected chi connectivity index (χ0v) is 13.7. The standard InChI is InChI=1S/C16H21ClN2O3/c1-3-19(10-12-7-5-9-22-12)16(21)15(20)18-13-8-4-6-11(2)14(13)17/h4,6,8,12H,3,5,7,9-10H2,1-2H3,(H,18,20). The normalized spacial score (nSPS) is 17.3. The van der Waals surface area contributed by atoms with Crippen LogP contribution in [-0.2, 0) is 14.3 Å². The topological polar surface area (TPSA) is 58.6 Å². The molecule has 5 nitrogen and oxygen atoms in total. The van der Waals surface area contributed by atoms with E-state index >= 15 is 0 Å². The van der Waals surface area contributed by atoms with Crippen LogP contribution in [0.2, 0.25) is 5.02 Å². The zero-order valence-electron chi connectivity index (χ0n) is 12.9. The van der Waals surface area contributed by atoms with Crippen LogP contribution in [0.25, 0.3) is 0 Å². The number of anilines is 1. The highest BCUT2D eigenvalue weighted by Gasteiger charge is 2.26. The highest BCUT2D eigenvalue weighted by Crippen LogP contribution is 2.25. The summed E-state index contributed by atoms with van der Waals surface area (Å²) in [6.07, 6.45) is 1.95. The Hall–Kier alpha value is -1.59. The van der Waals surface area contributed by atoms with Gasteiger partial charge in [-0.15, -0.1) is 0 Å². The first-order valence-corrected chi connectivity index (χ1v) is 7.87. The minimum Gasteiger partial charge on any atom is -0.376 e. The molecule has 0 saturated carbocycles. The van der Waals surface area contributed by atoms with Gasteiger partial charge in [-0.3, -0.25) is 9.59 Å². The van der Waals surface area contributed by atoms with Crippen molar-refractivity contribution in [2.75, 3.05) is 25.0 Å². The van der Waals surface area contributed by atoms with Gasteiger partial charge in [0.15, 0.2) is 0 Å². The van der Waals surface area contributed by atoms with Crippen molar-refractivity contribution in [2.45, 2.75) is 32.8 Å². The van der Waals surface area contributed by atoms with Crippen molar-refractivity contribution >= 4 is 29.1 Å². The Morgan fingerprint density at radius 3 is 2.86 bits per heavy atom. The zero-order chi connectivity index (χ0) is 16.1. The van der Waals surface area contributed by atoms with Gasteiger partial charge < -0.3 is 15.0 Å². The van der Waals surface area contributed by atoms with E-state index in [4.69, 9.17) is 16.3 Å². The molecule has 0 radical (unpaired) electrons. The smallest absolute Gasteiger partial charge is 0.313 e. The molecule has 22 heavy (non-hydrogen) atoms. The summed E-state index contributed by atoms with van der Waals surface area (Å²) in [6, 6.07) is 5.30. The van der Waals surface area contributed by atoms with Gasteiger partial charge in [0.1, 0.15) is 0 Å². The number of ether oxygens (including phenoxy) is 1. The van der Waals surface area contributed by atoms with Gasteiger partial charge >= 0.3 is 11.8 Å². The minimum atomic E-state index is -0.674. The number of carbonyl (C=O) groups is 2. The number of amides is 2. The Kier molecular flexibility index (Phi) is 5.80. The molecule has 6 heteroatoms. The molecule has 1 aromatic rings. The Bertz CT molecular complexity index is 556. The number of carbonyl (C=O) groups excluding carboxylic acids is 2. The average molecular weight is 325 g/mol. The second-order valence-corrected chi connectivity index (χ2v) is 5.75. The minimum absolute atomic E-state index is 0.0271. The lowest BCUT2D eigenvalue weighted by atomic mass is 10.2. The molecule has 1 atom stereocenters. The van der Waals surface area contributed by atoms with Gasteiger partial charge in [-0.25, -0.2) is 0 Å². The Labute approximate surface area is 135 Å². The number of rotatable bonds is 4. The van der Waals surface area contributed by atoms with Crippen LogP contribution in [0.3, 0.4) is 0 Å². The van der Waals surface area contributed by atoms with Crippen LogP contribution in [-0.4, -0.2) is 42.5 Å². The summed E-state index contributed by atoms with van der Waals surface area (Å²) >= 11 is 6.13. The number of nitrogens with zero attached hydrogens (tertiary/aromatic N) is 1. The highest BCUT2D eigenvalue weighted by atomic mass is 35.5. The van der Waals surface area contributed by atoms with E-state index in [1.807, 2.05) is 19.9 Å². The molecular weight excluding hydrogens is 304 g/mol. The first-order chi connectivity index (χ1) is 10.5. The summed E-state index contributed by atoms with van der Waals surface area (Å²) in [5.74, 6) is -1.23. The molecule has 1 aliphatic heterocycles. The summed E-state index contributed by atoms with van der Waals surface area (Å²) in [7, 11) is 0. The summed E-state index contributed by atoms with van der Waals surface area (Å²) in [5.41, 5.74) is 1.30. The van der Waals surface area contributed by atoms with Crippen LogP contribution >= 0.6 is 11.6 Å². The molecule has 2 rings (SSSR count). The van der Waals surface area contributed by atoms with Gasteiger partial charge in [-0.05, 0) is 38.3 Å². The van der Waals surface area contributed by atoms with Crippen LogP contribution in [0.5, 0.6) is 0 Å². The van der Waals surface area contributed by atoms with Gasteiger partial charge in [0, 0.05) is 19.7 Å². The van der Waals surface area contributed by atoms with Crippen molar-refractivity contribution in [3.05, 3.63) is 28.8 Å². The van der Waals surface area contributed by atoms with Gasteiger partial charge in [-0.2, -0.15) is 0 Å². The fourth-order valence-electron chi connectivity index (χ4n) is 2.45. The number of likely N-dealkylation sites (N-methyl/N-ethyl adjacent to an activating group) is 1.